The predicted octanol–water partition coefficient (Wildman–Crippen LogP) is 1.52. The number of anilines is 1. The highest BCUT2D eigenvalue weighted by molar-refractivity contribution is 7.13. The number of aromatic nitrogens is 1. The lowest BCUT2D eigenvalue weighted by Crippen LogP contribution is -2.21. The number of amides is 1. The second kappa shape index (κ2) is 6.90. The van der Waals surface area contributed by atoms with Crippen molar-refractivity contribution in [2.45, 2.75) is 13.3 Å². The van der Waals surface area contributed by atoms with Gasteiger partial charge in [-0.05, 0) is 25.1 Å². The molecule has 0 unspecified atom stereocenters. The molecule has 7 nitrogen and oxygen atoms in total. The van der Waals surface area contributed by atoms with Gasteiger partial charge in [0.15, 0.2) is 16.6 Å². The van der Waals surface area contributed by atoms with Crippen LogP contribution >= 0.6 is 11.3 Å². The number of thiazole rings is 1. The molecular weight excluding hydrogens is 304 g/mol. The van der Waals surface area contributed by atoms with Crippen LogP contribution in [0.5, 0.6) is 11.5 Å². The van der Waals surface area contributed by atoms with Crippen LogP contribution in [0.25, 0.3) is 0 Å². The Hall–Kier alpha value is -2.61. The summed E-state index contributed by atoms with van der Waals surface area (Å²) in [4.78, 5) is 15.8. The van der Waals surface area contributed by atoms with Crippen molar-refractivity contribution in [1.29, 1.82) is 0 Å². The molecule has 0 aliphatic carbocycles. The number of methoxy groups -OCH3 is 1. The fraction of sp³-hybridized carbons (Fsp3) is 0.214. The maximum Gasteiger partial charge on any atom is 0.246 e. The van der Waals surface area contributed by atoms with Crippen LogP contribution in [0.3, 0.4) is 0 Å². The summed E-state index contributed by atoms with van der Waals surface area (Å²) in [5.74, 6) is 0.107. The molecule has 2 aromatic rings. The molecule has 4 N–H and O–H groups in total. The molecule has 0 spiro atoms. The molecule has 22 heavy (non-hydrogen) atoms. The number of phenolic OH excluding ortho intramolecular Hbond substituents is 1. The van der Waals surface area contributed by atoms with Crippen LogP contribution in [0.15, 0.2) is 28.7 Å². The van der Waals surface area contributed by atoms with Crippen molar-refractivity contribution in [3.8, 4) is 11.5 Å². The number of benzene rings is 1. The minimum Gasteiger partial charge on any atom is -0.504 e. The summed E-state index contributed by atoms with van der Waals surface area (Å²) < 4.78 is 5.03. The number of rotatable bonds is 5. The highest BCUT2D eigenvalue weighted by Gasteiger charge is 2.08. The zero-order chi connectivity index (χ0) is 16.1. The van der Waals surface area contributed by atoms with E-state index in [9.17, 15) is 9.90 Å². The normalized spacial score (nSPS) is 11.3. The van der Waals surface area contributed by atoms with Crippen LogP contribution in [0.4, 0.5) is 5.13 Å². The Bertz CT molecular complexity index is 712. The number of hydrogen-bond acceptors (Lipinski definition) is 7. The topological polar surface area (TPSA) is 110 Å². The lowest BCUT2D eigenvalue weighted by molar-refractivity contribution is -0.120. The SMILES string of the molecule is COc1cc(/C(C)=N/NC(=O)Cc2csc(N)n2)ccc1O. The molecule has 0 aliphatic heterocycles. The number of aromatic hydroxyl groups is 1. The maximum atomic E-state index is 11.8. The first-order chi connectivity index (χ1) is 10.5. The number of nitrogens with zero attached hydrogens (tertiary/aromatic N) is 2. The number of nitrogens with one attached hydrogen (secondary N) is 1. The summed E-state index contributed by atoms with van der Waals surface area (Å²) in [5.41, 5.74) is 9.90. The summed E-state index contributed by atoms with van der Waals surface area (Å²) in [7, 11) is 1.46. The van der Waals surface area contributed by atoms with Gasteiger partial charge >= 0.3 is 0 Å². The number of carbonyl (C=O) groups excluding carboxylic acids is 1. The van der Waals surface area contributed by atoms with Crippen LogP contribution < -0.4 is 15.9 Å². The van der Waals surface area contributed by atoms with Gasteiger partial charge in [-0.15, -0.1) is 11.3 Å². The van der Waals surface area contributed by atoms with Gasteiger partial charge in [0, 0.05) is 10.9 Å². The first-order valence-electron chi connectivity index (χ1n) is 6.40. The van der Waals surface area contributed by atoms with Crippen LogP contribution in [-0.4, -0.2) is 28.8 Å². The summed E-state index contributed by atoms with van der Waals surface area (Å²) in [5, 5.41) is 15.7. The van der Waals surface area contributed by atoms with Gasteiger partial charge in [0.25, 0.3) is 0 Å². The highest BCUT2D eigenvalue weighted by atomic mass is 32.1. The number of nitrogens with two attached hydrogens (primary N) is 1. The van der Waals surface area contributed by atoms with Crippen molar-refractivity contribution in [3.63, 3.8) is 0 Å². The Morgan fingerprint density at radius 3 is 2.95 bits per heavy atom. The molecule has 0 saturated heterocycles. The average molecular weight is 320 g/mol. The van der Waals surface area contributed by atoms with Crippen LogP contribution in [0, 0.1) is 0 Å². The van der Waals surface area contributed by atoms with E-state index >= 15 is 0 Å². The number of carbonyl (C=O) groups is 1. The van der Waals surface area contributed by atoms with E-state index in [1.807, 2.05) is 0 Å². The third-order valence-corrected chi connectivity index (χ3v) is 3.58. The minimum atomic E-state index is -0.282. The van der Waals surface area contributed by atoms with Gasteiger partial charge in [0.1, 0.15) is 0 Å². The Morgan fingerprint density at radius 1 is 1.55 bits per heavy atom. The summed E-state index contributed by atoms with van der Waals surface area (Å²) in [6.45, 7) is 1.74. The van der Waals surface area contributed by atoms with E-state index in [1.54, 1.807) is 24.4 Å². The van der Waals surface area contributed by atoms with Crippen LogP contribution in [-0.2, 0) is 11.2 Å². The third-order valence-electron chi connectivity index (χ3n) is 2.86. The summed E-state index contributed by atoms with van der Waals surface area (Å²) >= 11 is 1.29. The first kappa shape index (κ1) is 15.8. The van der Waals surface area contributed by atoms with Gasteiger partial charge in [-0.2, -0.15) is 5.10 Å². The second-order valence-electron chi connectivity index (χ2n) is 4.47. The quantitative estimate of drug-likeness (QED) is 0.571. The monoisotopic (exact) mass is 320 g/mol. The Balaban J connectivity index is 2.01. The molecule has 0 aliphatic rings. The summed E-state index contributed by atoms with van der Waals surface area (Å²) in [6, 6.07) is 4.83. The Morgan fingerprint density at radius 2 is 2.32 bits per heavy atom. The number of hydrogen-bond donors (Lipinski definition) is 3. The molecule has 1 amide bonds. The molecule has 2 rings (SSSR count). The molecule has 8 heteroatoms. The number of ether oxygens (including phenoxy) is 1. The van der Waals surface area contributed by atoms with E-state index in [2.05, 4.69) is 15.5 Å². The van der Waals surface area contributed by atoms with E-state index in [4.69, 9.17) is 10.5 Å². The molecule has 1 aromatic heterocycles. The van der Waals surface area contributed by atoms with Gasteiger partial charge in [0.05, 0.1) is 24.9 Å². The molecule has 0 bridgehead atoms. The third kappa shape index (κ3) is 3.95. The molecule has 1 aromatic carbocycles. The van der Waals surface area contributed by atoms with Crippen molar-refractivity contribution in [3.05, 3.63) is 34.8 Å². The van der Waals surface area contributed by atoms with Crippen LogP contribution in [0.1, 0.15) is 18.2 Å². The molecule has 0 fully saturated rings. The Labute approximate surface area is 131 Å². The van der Waals surface area contributed by atoms with Crippen molar-refractivity contribution in [1.82, 2.24) is 10.4 Å². The van der Waals surface area contributed by atoms with Crippen molar-refractivity contribution < 1.29 is 14.6 Å². The molecule has 0 radical (unpaired) electrons. The van der Waals surface area contributed by atoms with Gasteiger partial charge in [-0.1, -0.05) is 0 Å². The maximum absolute atomic E-state index is 11.8. The average Bonchev–Trinajstić information content (AvgIpc) is 2.90. The number of hydrazone groups is 1. The zero-order valence-corrected chi connectivity index (χ0v) is 13.0. The summed E-state index contributed by atoms with van der Waals surface area (Å²) in [6.07, 6.45) is 0.114. The largest absolute Gasteiger partial charge is 0.504 e. The lowest BCUT2D eigenvalue weighted by Gasteiger charge is -2.06. The van der Waals surface area contributed by atoms with E-state index < -0.39 is 0 Å². The number of phenols is 1. The molecule has 0 saturated carbocycles. The second-order valence-corrected chi connectivity index (χ2v) is 5.36. The van der Waals surface area contributed by atoms with E-state index in [0.717, 1.165) is 5.56 Å². The smallest absolute Gasteiger partial charge is 0.246 e. The zero-order valence-electron chi connectivity index (χ0n) is 12.2. The first-order valence-corrected chi connectivity index (χ1v) is 7.28. The van der Waals surface area contributed by atoms with Crippen molar-refractivity contribution in [2.24, 2.45) is 5.10 Å². The molecule has 116 valence electrons. The van der Waals surface area contributed by atoms with E-state index in [-0.39, 0.29) is 18.1 Å². The van der Waals surface area contributed by atoms with Crippen molar-refractivity contribution in [2.75, 3.05) is 12.8 Å². The predicted molar refractivity (Wildman–Crippen MR) is 85.2 cm³/mol. The highest BCUT2D eigenvalue weighted by Crippen LogP contribution is 2.26. The van der Waals surface area contributed by atoms with E-state index in [1.165, 1.54) is 24.5 Å². The van der Waals surface area contributed by atoms with Gasteiger partial charge in [-0.25, -0.2) is 10.4 Å². The number of nitrogen functional groups attached to an aromatic ring is 1. The van der Waals surface area contributed by atoms with Crippen LogP contribution in [0.2, 0.25) is 0 Å². The van der Waals surface area contributed by atoms with E-state index in [0.29, 0.717) is 22.3 Å². The Kier molecular flexibility index (Phi) is 4.95. The fourth-order valence-corrected chi connectivity index (χ4v) is 2.28. The van der Waals surface area contributed by atoms with Gasteiger partial charge < -0.3 is 15.6 Å². The molecular formula is C14H16N4O3S. The fourth-order valence-electron chi connectivity index (χ4n) is 1.72. The van der Waals surface area contributed by atoms with Gasteiger partial charge in [-0.3, -0.25) is 4.79 Å². The van der Waals surface area contributed by atoms with Gasteiger partial charge in [0.2, 0.25) is 5.91 Å². The molecule has 1 heterocycles. The minimum absolute atomic E-state index is 0.0456. The standard InChI is InChI=1S/C14H16N4O3S/c1-8(9-3-4-11(19)12(5-9)21-2)17-18-13(20)6-10-7-22-14(15)16-10/h3-5,7,19H,6H2,1-2H3,(H2,15,16)(H,18,20)/b17-8+. The molecule has 0 atom stereocenters. The van der Waals surface area contributed by atoms with Crippen molar-refractivity contribution >= 4 is 28.1 Å². The lowest BCUT2D eigenvalue weighted by atomic mass is 10.1.